The van der Waals surface area contributed by atoms with E-state index in [4.69, 9.17) is 10.2 Å². The Balaban J connectivity index is 3.41. The maximum Gasteiger partial charge on any atom is 0.339 e. The molecule has 0 spiro atoms. The van der Waals surface area contributed by atoms with Gasteiger partial charge in [0.25, 0.3) is 0 Å². The molecule has 14 heavy (non-hydrogen) atoms. The van der Waals surface area contributed by atoms with E-state index in [1.165, 1.54) is 6.92 Å². The number of carboxylic acids is 2. The van der Waals surface area contributed by atoms with Crippen molar-refractivity contribution in [2.45, 2.75) is 6.92 Å². The summed E-state index contributed by atoms with van der Waals surface area (Å²) in [7, 11) is 0. The molecule has 0 unspecified atom stereocenters. The van der Waals surface area contributed by atoms with E-state index in [0.29, 0.717) is 0 Å². The van der Waals surface area contributed by atoms with Gasteiger partial charge in [-0.2, -0.15) is 0 Å². The highest BCUT2D eigenvalue weighted by Crippen LogP contribution is 2.25. The third-order valence-corrected chi connectivity index (χ3v) is 1.89. The van der Waals surface area contributed by atoms with Crippen LogP contribution in [0.5, 0.6) is 5.75 Å². The standard InChI is InChI=1S/C9H8O5/c1-4-5(8(11)12)2-3-6(7(4)10)9(13)14/h2-3,10H,1H3,(H,11,12)(H,13,14). The van der Waals surface area contributed by atoms with E-state index in [1.807, 2.05) is 0 Å². The van der Waals surface area contributed by atoms with Crippen molar-refractivity contribution < 1.29 is 24.9 Å². The van der Waals surface area contributed by atoms with Gasteiger partial charge in [-0.15, -0.1) is 0 Å². The van der Waals surface area contributed by atoms with Crippen molar-refractivity contribution in [1.82, 2.24) is 0 Å². The van der Waals surface area contributed by atoms with Crippen LogP contribution in [0.2, 0.25) is 0 Å². The number of aromatic carboxylic acids is 2. The van der Waals surface area contributed by atoms with Gasteiger partial charge in [0.2, 0.25) is 0 Å². The monoisotopic (exact) mass is 196 g/mol. The van der Waals surface area contributed by atoms with Crippen LogP contribution in [0.25, 0.3) is 0 Å². The normalized spacial score (nSPS) is 9.79. The summed E-state index contributed by atoms with van der Waals surface area (Å²) in [6.07, 6.45) is 0. The van der Waals surface area contributed by atoms with Crippen molar-refractivity contribution in [1.29, 1.82) is 0 Å². The van der Waals surface area contributed by atoms with Gasteiger partial charge >= 0.3 is 11.9 Å². The van der Waals surface area contributed by atoms with Gasteiger partial charge in [-0.3, -0.25) is 0 Å². The number of hydrogen-bond donors (Lipinski definition) is 3. The van der Waals surface area contributed by atoms with Crippen LogP contribution in [0.3, 0.4) is 0 Å². The Bertz CT molecular complexity index is 369. The fourth-order valence-electron chi connectivity index (χ4n) is 1.10. The summed E-state index contributed by atoms with van der Waals surface area (Å²) >= 11 is 0. The summed E-state index contributed by atoms with van der Waals surface area (Å²) in [5, 5.41) is 26.6. The quantitative estimate of drug-likeness (QED) is 0.658. The molecule has 1 aromatic carbocycles. The number of carbonyl (C=O) groups is 2. The number of benzene rings is 1. The molecule has 0 fully saturated rings. The van der Waals surface area contributed by atoms with Crippen molar-refractivity contribution >= 4 is 11.9 Å². The molecule has 0 radical (unpaired) electrons. The lowest BCUT2D eigenvalue weighted by Gasteiger charge is -2.05. The highest BCUT2D eigenvalue weighted by Gasteiger charge is 2.17. The molecular weight excluding hydrogens is 188 g/mol. The third-order valence-electron chi connectivity index (χ3n) is 1.89. The molecule has 5 nitrogen and oxygen atoms in total. The van der Waals surface area contributed by atoms with Crippen LogP contribution in [0, 0.1) is 6.92 Å². The first-order valence-electron chi connectivity index (χ1n) is 3.74. The van der Waals surface area contributed by atoms with Gasteiger partial charge in [0.05, 0.1) is 5.56 Å². The van der Waals surface area contributed by atoms with Crippen molar-refractivity contribution in [3.05, 3.63) is 28.8 Å². The number of carboxylic acid groups (broad SMARTS) is 2. The zero-order valence-corrected chi connectivity index (χ0v) is 7.31. The van der Waals surface area contributed by atoms with Gasteiger partial charge in [-0.25, -0.2) is 9.59 Å². The van der Waals surface area contributed by atoms with Crippen LogP contribution in [0.15, 0.2) is 12.1 Å². The fourth-order valence-corrected chi connectivity index (χ4v) is 1.10. The molecule has 0 amide bonds. The summed E-state index contributed by atoms with van der Waals surface area (Å²) in [4.78, 5) is 21.1. The van der Waals surface area contributed by atoms with E-state index in [-0.39, 0.29) is 16.7 Å². The minimum absolute atomic E-state index is 0.0531. The number of phenols is 1. The smallest absolute Gasteiger partial charge is 0.339 e. The predicted octanol–water partition coefficient (Wildman–Crippen LogP) is 1.10. The Hall–Kier alpha value is -2.04. The average molecular weight is 196 g/mol. The van der Waals surface area contributed by atoms with Crippen LogP contribution in [0.1, 0.15) is 26.3 Å². The first-order chi connectivity index (χ1) is 6.45. The third kappa shape index (κ3) is 1.52. The Morgan fingerprint density at radius 3 is 1.93 bits per heavy atom. The highest BCUT2D eigenvalue weighted by molar-refractivity contribution is 5.96. The van der Waals surface area contributed by atoms with Gasteiger partial charge in [-0.05, 0) is 19.1 Å². The van der Waals surface area contributed by atoms with Crippen LogP contribution < -0.4 is 0 Å². The molecule has 0 atom stereocenters. The molecule has 0 aliphatic carbocycles. The minimum atomic E-state index is -1.29. The summed E-state index contributed by atoms with van der Waals surface area (Å²) in [6, 6.07) is 2.22. The summed E-state index contributed by atoms with van der Waals surface area (Å²) in [5.74, 6) is -2.99. The number of hydrogen-bond acceptors (Lipinski definition) is 3. The van der Waals surface area contributed by atoms with Crippen molar-refractivity contribution in [3.63, 3.8) is 0 Å². The van der Waals surface area contributed by atoms with Gasteiger partial charge in [0, 0.05) is 5.56 Å². The second kappa shape index (κ2) is 3.37. The maximum atomic E-state index is 10.6. The lowest BCUT2D eigenvalue weighted by molar-refractivity contribution is 0.0677. The Morgan fingerprint density at radius 1 is 1.07 bits per heavy atom. The van der Waals surface area contributed by atoms with Crippen LogP contribution >= 0.6 is 0 Å². The minimum Gasteiger partial charge on any atom is -0.507 e. The second-order valence-corrected chi connectivity index (χ2v) is 2.74. The topological polar surface area (TPSA) is 94.8 Å². The van der Waals surface area contributed by atoms with Gasteiger partial charge in [-0.1, -0.05) is 0 Å². The number of rotatable bonds is 2. The Morgan fingerprint density at radius 2 is 1.50 bits per heavy atom. The van der Waals surface area contributed by atoms with E-state index >= 15 is 0 Å². The first-order valence-corrected chi connectivity index (χ1v) is 3.74. The summed E-state index contributed by atoms with van der Waals surface area (Å²) in [5.41, 5.74) is -0.350. The van der Waals surface area contributed by atoms with E-state index < -0.39 is 17.7 Å². The molecular formula is C9H8O5. The van der Waals surface area contributed by atoms with Crippen LogP contribution in [-0.2, 0) is 0 Å². The molecule has 0 bridgehead atoms. The lowest BCUT2D eigenvalue weighted by Crippen LogP contribution is -2.04. The molecule has 1 rings (SSSR count). The predicted molar refractivity (Wildman–Crippen MR) is 46.8 cm³/mol. The average Bonchev–Trinajstić information content (AvgIpc) is 2.08. The van der Waals surface area contributed by atoms with E-state index in [9.17, 15) is 14.7 Å². The molecule has 3 N–H and O–H groups in total. The van der Waals surface area contributed by atoms with E-state index in [0.717, 1.165) is 12.1 Å². The molecule has 0 saturated heterocycles. The van der Waals surface area contributed by atoms with E-state index in [1.54, 1.807) is 0 Å². The molecule has 5 heteroatoms. The molecule has 0 aliphatic heterocycles. The number of aromatic hydroxyl groups is 1. The van der Waals surface area contributed by atoms with Crippen LogP contribution in [-0.4, -0.2) is 27.3 Å². The zero-order valence-electron chi connectivity index (χ0n) is 7.31. The van der Waals surface area contributed by atoms with Crippen molar-refractivity contribution in [3.8, 4) is 5.75 Å². The largest absolute Gasteiger partial charge is 0.507 e. The maximum absolute atomic E-state index is 10.6. The summed E-state index contributed by atoms with van der Waals surface area (Å²) < 4.78 is 0. The van der Waals surface area contributed by atoms with E-state index in [2.05, 4.69) is 0 Å². The molecule has 0 aromatic heterocycles. The summed E-state index contributed by atoms with van der Waals surface area (Å²) in [6.45, 7) is 1.35. The Labute approximate surface area is 79.2 Å². The van der Waals surface area contributed by atoms with Crippen molar-refractivity contribution in [2.75, 3.05) is 0 Å². The second-order valence-electron chi connectivity index (χ2n) is 2.74. The lowest BCUT2D eigenvalue weighted by atomic mass is 10.0. The highest BCUT2D eigenvalue weighted by atomic mass is 16.4. The SMILES string of the molecule is Cc1c(C(=O)O)ccc(C(=O)O)c1O. The molecule has 0 heterocycles. The molecule has 1 aromatic rings. The zero-order chi connectivity index (χ0) is 10.9. The fraction of sp³-hybridized carbons (Fsp3) is 0.111. The molecule has 74 valence electrons. The van der Waals surface area contributed by atoms with Crippen molar-refractivity contribution in [2.24, 2.45) is 0 Å². The first kappa shape index (κ1) is 10.0. The van der Waals surface area contributed by atoms with Gasteiger partial charge in [0.15, 0.2) is 0 Å². The van der Waals surface area contributed by atoms with Gasteiger partial charge < -0.3 is 15.3 Å². The van der Waals surface area contributed by atoms with Gasteiger partial charge in [0.1, 0.15) is 11.3 Å². The van der Waals surface area contributed by atoms with Crippen LogP contribution in [0.4, 0.5) is 0 Å². The molecule has 0 aliphatic rings. The molecule has 0 saturated carbocycles. The Kier molecular flexibility index (Phi) is 2.42.